The molecule has 5 nitrogen and oxygen atoms in total. The summed E-state index contributed by atoms with van der Waals surface area (Å²) >= 11 is 12.6. The first kappa shape index (κ1) is 20.8. The Balaban J connectivity index is 2.08. The molecular weight excluding hydrogens is 419 g/mol. The summed E-state index contributed by atoms with van der Waals surface area (Å²) in [5, 5.41) is 0.493. The summed E-state index contributed by atoms with van der Waals surface area (Å²) in [4.78, 5) is 18.7. The molecule has 0 bridgehead atoms. The zero-order chi connectivity index (χ0) is 20.5. The van der Waals surface area contributed by atoms with Gasteiger partial charge in [-0.2, -0.15) is 0 Å². The van der Waals surface area contributed by atoms with Gasteiger partial charge in [-0.1, -0.05) is 41.4 Å². The number of amides is 1. The van der Waals surface area contributed by atoms with Crippen LogP contribution < -0.4 is 4.90 Å². The highest BCUT2D eigenvalue weighted by molar-refractivity contribution is 7.92. The van der Waals surface area contributed by atoms with Gasteiger partial charge in [0.2, 0.25) is 5.91 Å². The van der Waals surface area contributed by atoms with Crippen molar-refractivity contribution < 1.29 is 13.2 Å². The van der Waals surface area contributed by atoms with E-state index in [1.54, 1.807) is 38.1 Å². The van der Waals surface area contributed by atoms with Crippen LogP contribution in [-0.2, 0) is 14.6 Å². The van der Waals surface area contributed by atoms with E-state index in [1.165, 1.54) is 4.90 Å². The molecule has 1 heterocycles. The normalized spacial score (nSPS) is 14.7. The molecule has 0 atom stereocenters. The van der Waals surface area contributed by atoms with E-state index >= 15 is 0 Å². The predicted octanol–water partition coefficient (Wildman–Crippen LogP) is 4.00. The average molecular weight is 439 g/mol. The van der Waals surface area contributed by atoms with Crippen LogP contribution >= 0.6 is 23.2 Å². The second-order valence-corrected chi connectivity index (χ2v) is 10.3. The molecule has 0 aromatic heterocycles. The summed E-state index contributed by atoms with van der Waals surface area (Å²) < 4.78 is 24.5. The highest BCUT2D eigenvalue weighted by atomic mass is 35.5. The maximum absolute atomic E-state index is 12.8. The first-order valence-electron chi connectivity index (χ1n) is 8.82. The molecule has 1 aliphatic heterocycles. The van der Waals surface area contributed by atoms with Crippen LogP contribution in [-0.4, -0.2) is 44.1 Å². The molecule has 0 saturated carbocycles. The van der Waals surface area contributed by atoms with Gasteiger partial charge in [0.15, 0.2) is 9.84 Å². The Kier molecular flexibility index (Phi) is 6.12. The zero-order valence-corrected chi connectivity index (χ0v) is 17.9. The number of hydrogen-bond donors (Lipinski definition) is 0. The van der Waals surface area contributed by atoms with Gasteiger partial charge >= 0.3 is 0 Å². The van der Waals surface area contributed by atoms with Gasteiger partial charge < -0.3 is 4.90 Å². The second kappa shape index (κ2) is 8.23. The number of carbonyl (C=O) groups excluding carboxylic acids is 1. The van der Waals surface area contributed by atoms with E-state index in [0.717, 1.165) is 0 Å². The summed E-state index contributed by atoms with van der Waals surface area (Å²) in [5.74, 6) is -0.399. The van der Waals surface area contributed by atoms with E-state index in [9.17, 15) is 13.2 Å². The molecule has 148 valence electrons. The third-order valence-electron chi connectivity index (χ3n) is 4.62. The molecule has 1 amide bonds. The summed E-state index contributed by atoms with van der Waals surface area (Å²) in [6.45, 7) is 3.21. The molecule has 0 saturated heterocycles. The number of fused-ring (bicyclic) bond motifs is 1. The molecule has 28 heavy (non-hydrogen) atoms. The zero-order valence-electron chi connectivity index (χ0n) is 15.5. The Morgan fingerprint density at radius 2 is 1.82 bits per heavy atom. The molecular formula is C20H20Cl2N2O3S. The highest BCUT2D eigenvalue weighted by Crippen LogP contribution is 2.31. The molecule has 0 aliphatic carbocycles. The second-order valence-electron chi connectivity index (χ2n) is 6.77. The number of nitrogens with zero attached hydrogens (tertiary/aromatic N) is 2. The summed E-state index contributed by atoms with van der Waals surface area (Å²) in [6, 6.07) is 12.4. The molecule has 3 rings (SSSR count). The largest absolute Gasteiger partial charge is 0.309 e. The van der Waals surface area contributed by atoms with Crippen LogP contribution in [0.2, 0.25) is 10.0 Å². The van der Waals surface area contributed by atoms with E-state index in [-0.39, 0.29) is 24.7 Å². The lowest BCUT2D eigenvalue weighted by Crippen LogP contribution is -2.37. The molecule has 2 aromatic rings. The molecule has 0 unspecified atom stereocenters. The summed E-state index contributed by atoms with van der Waals surface area (Å²) in [7, 11) is -3.29. The minimum atomic E-state index is -3.29. The standard InChI is InChI=1S/C20H20Cl2N2O3S/c1-13(2)28(26,27)10-9-24-18-8-7-14(21)11-16(18)20(23-12-19(24)25)15-5-3-4-6-17(15)22/h3-8,11,13H,9-10,12H2,1-2H3. The van der Waals surface area contributed by atoms with Gasteiger partial charge in [-0.25, -0.2) is 8.42 Å². The number of sulfone groups is 1. The van der Waals surface area contributed by atoms with Crippen molar-refractivity contribution in [3.05, 3.63) is 63.6 Å². The van der Waals surface area contributed by atoms with Crippen LogP contribution in [0.15, 0.2) is 47.5 Å². The molecule has 0 radical (unpaired) electrons. The fraction of sp³-hybridized carbons (Fsp3) is 0.300. The van der Waals surface area contributed by atoms with Gasteiger partial charge in [-0.3, -0.25) is 9.79 Å². The van der Waals surface area contributed by atoms with Crippen molar-refractivity contribution in [3.63, 3.8) is 0 Å². The first-order chi connectivity index (χ1) is 13.2. The Bertz CT molecular complexity index is 1050. The minimum absolute atomic E-state index is 0.0549. The lowest BCUT2D eigenvalue weighted by molar-refractivity contribution is -0.117. The number of carbonyl (C=O) groups is 1. The highest BCUT2D eigenvalue weighted by Gasteiger charge is 2.28. The molecule has 1 aliphatic rings. The number of rotatable bonds is 5. The summed E-state index contributed by atoms with van der Waals surface area (Å²) in [5.41, 5.74) is 2.47. The van der Waals surface area contributed by atoms with Crippen LogP contribution in [0.25, 0.3) is 0 Å². The van der Waals surface area contributed by atoms with E-state index in [4.69, 9.17) is 23.2 Å². The number of benzodiazepines with no additional fused rings is 1. The van der Waals surface area contributed by atoms with Crippen LogP contribution in [0.3, 0.4) is 0 Å². The lowest BCUT2D eigenvalue weighted by atomic mass is 10.00. The van der Waals surface area contributed by atoms with Gasteiger partial charge in [-0.05, 0) is 38.1 Å². The van der Waals surface area contributed by atoms with Crippen LogP contribution in [0.1, 0.15) is 25.0 Å². The van der Waals surface area contributed by atoms with Crippen LogP contribution in [0.4, 0.5) is 5.69 Å². The smallest absolute Gasteiger partial charge is 0.248 e. The van der Waals surface area contributed by atoms with E-state index in [1.807, 2.05) is 18.2 Å². The Morgan fingerprint density at radius 3 is 2.50 bits per heavy atom. The Morgan fingerprint density at radius 1 is 1.11 bits per heavy atom. The fourth-order valence-electron chi connectivity index (χ4n) is 2.97. The minimum Gasteiger partial charge on any atom is -0.309 e. The number of aliphatic imine (C=N–C) groups is 1. The van der Waals surface area contributed by atoms with Gasteiger partial charge in [-0.15, -0.1) is 0 Å². The predicted molar refractivity (Wildman–Crippen MR) is 115 cm³/mol. The van der Waals surface area contributed by atoms with Gasteiger partial charge in [0.05, 0.1) is 22.4 Å². The topological polar surface area (TPSA) is 66.8 Å². The van der Waals surface area contributed by atoms with E-state index < -0.39 is 15.1 Å². The Hall–Kier alpha value is -1.89. The third kappa shape index (κ3) is 4.24. The SMILES string of the molecule is CC(C)S(=O)(=O)CCN1C(=O)CN=C(c2ccccc2Cl)c2cc(Cl)ccc21. The van der Waals surface area contributed by atoms with Crippen molar-refractivity contribution in [1.82, 2.24) is 0 Å². The third-order valence-corrected chi connectivity index (χ3v) is 7.38. The number of benzene rings is 2. The van der Waals surface area contributed by atoms with Crippen molar-refractivity contribution in [3.8, 4) is 0 Å². The van der Waals surface area contributed by atoms with Crippen molar-refractivity contribution in [2.75, 3.05) is 23.7 Å². The monoisotopic (exact) mass is 438 g/mol. The summed E-state index contributed by atoms with van der Waals surface area (Å²) in [6.07, 6.45) is 0. The Labute approximate surface area is 174 Å². The van der Waals surface area contributed by atoms with Crippen molar-refractivity contribution in [2.24, 2.45) is 4.99 Å². The van der Waals surface area contributed by atoms with Crippen molar-refractivity contribution in [1.29, 1.82) is 0 Å². The number of hydrogen-bond acceptors (Lipinski definition) is 4. The van der Waals surface area contributed by atoms with Gasteiger partial charge in [0.25, 0.3) is 0 Å². The first-order valence-corrected chi connectivity index (χ1v) is 11.3. The van der Waals surface area contributed by atoms with E-state index in [2.05, 4.69) is 4.99 Å². The van der Waals surface area contributed by atoms with Crippen LogP contribution in [0.5, 0.6) is 0 Å². The van der Waals surface area contributed by atoms with Crippen molar-refractivity contribution in [2.45, 2.75) is 19.1 Å². The average Bonchev–Trinajstić information content (AvgIpc) is 2.77. The fourth-order valence-corrected chi connectivity index (χ4v) is 4.27. The molecule has 0 fully saturated rings. The molecule has 2 aromatic carbocycles. The van der Waals surface area contributed by atoms with Gasteiger partial charge in [0.1, 0.15) is 6.54 Å². The molecule has 8 heteroatoms. The molecule has 0 N–H and O–H groups in total. The maximum Gasteiger partial charge on any atom is 0.248 e. The lowest BCUT2D eigenvalue weighted by Gasteiger charge is -2.24. The quantitative estimate of drug-likeness (QED) is 0.708. The van der Waals surface area contributed by atoms with Crippen molar-refractivity contribution >= 4 is 50.3 Å². The van der Waals surface area contributed by atoms with Crippen LogP contribution in [0, 0.1) is 0 Å². The number of halogens is 2. The molecule has 0 spiro atoms. The maximum atomic E-state index is 12.8. The van der Waals surface area contributed by atoms with Gasteiger partial charge in [0, 0.05) is 27.7 Å². The van der Waals surface area contributed by atoms with E-state index in [0.29, 0.717) is 32.6 Å². The number of anilines is 1.